The summed E-state index contributed by atoms with van der Waals surface area (Å²) in [5, 5.41) is 14.7. The minimum Gasteiger partial charge on any atom is -0.480 e. The quantitative estimate of drug-likeness (QED) is 0.834. The van der Waals surface area contributed by atoms with Gasteiger partial charge in [0.15, 0.2) is 0 Å². The van der Waals surface area contributed by atoms with Crippen molar-refractivity contribution >= 4 is 35.0 Å². The Kier molecular flexibility index (Phi) is 5.39. The Labute approximate surface area is 152 Å². The Morgan fingerprint density at radius 2 is 1.92 bits per heavy atom. The highest BCUT2D eigenvalue weighted by Gasteiger charge is 2.41. The molecule has 1 aliphatic rings. The standard InChI is InChI=1S/C17H17FN2O3S2/c18-12-3-1-11(2-4-12)15-19-13(10-25-15)9-14(21)20-17(16(22)23)5-7-24-8-6-17/h1-4,10H,5-9H2,(H,20,21)(H,22,23). The lowest BCUT2D eigenvalue weighted by Crippen LogP contribution is -2.56. The molecular formula is C17H17FN2O3S2. The summed E-state index contributed by atoms with van der Waals surface area (Å²) in [5.41, 5.74) is 0.190. The first-order valence-electron chi connectivity index (χ1n) is 7.81. The zero-order valence-electron chi connectivity index (χ0n) is 13.3. The Morgan fingerprint density at radius 3 is 2.56 bits per heavy atom. The van der Waals surface area contributed by atoms with E-state index in [0.717, 1.165) is 17.1 Å². The van der Waals surface area contributed by atoms with E-state index in [1.165, 1.54) is 23.5 Å². The van der Waals surface area contributed by atoms with E-state index in [9.17, 15) is 19.1 Å². The molecule has 2 heterocycles. The lowest BCUT2D eigenvalue weighted by molar-refractivity contribution is -0.148. The van der Waals surface area contributed by atoms with Gasteiger partial charge in [-0.15, -0.1) is 11.3 Å². The summed E-state index contributed by atoms with van der Waals surface area (Å²) in [6.07, 6.45) is 0.882. The van der Waals surface area contributed by atoms with E-state index in [-0.39, 0.29) is 18.1 Å². The first-order valence-corrected chi connectivity index (χ1v) is 9.84. The number of thioether (sulfide) groups is 1. The first-order chi connectivity index (χ1) is 12.0. The normalized spacial score (nSPS) is 16.4. The molecule has 0 saturated carbocycles. The van der Waals surface area contributed by atoms with Gasteiger partial charge in [-0.05, 0) is 48.6 Å². The number of thiazole rings is 1. The molecule has 1 aromatic heterocycles. The number of nitrogens with one attached hydrogen (secondary N) is 1. The van der Waals surface area contributed by atoms with E-state index in [1.54, 1.807) is 29.3 Å². The number of amides is 1. The molecule has 132 valence electrons. The van der Waals surface area contributed by atoms with Crippen LogP contribution in [0.5, 0.6) is 0 Å². The SMILES string of the molecule is O=C(Cc1csc(-c2ccc(F)cc2)n1)NC1(C(=O)O)CCSCC1. The number of hydrogen-bond donors (Lipinski definition) is 2. The number of carbonyl (C=O) groups excluding carboxylic acids is 1. The third-order valence-electron chi connectivity index (χ3n) is 4.12. The van der Waals surface area contributed by atoms with Gasteiger partial charge in [0, 0.05) is 10.9 Å². The molecule has 1 amide bonds. The van der Waals surface area contributed by atoms with Crippen LogP contribution in [0.1, 0.15) is 18.5 Å². The molecule has 25 heavy (non-hydrogen) atoms. The maximum absolute atomic E-state index is 13.0. The van der Waals surface area contributed by atoms with Crippen molar-refractivity contribution in [2.75, 3.05) is 11.5 Å². The van der Waals surface area contributed by atoms with Gasteiger partial charge in [-0.2, -0.15) is 11.8 Å². The Bertz CT molecular complexity index is 770. The number of halogens is 1. The number of carboxylic acid groups (broad SMARTS) is 1. The zero-order chi connectivity index (χ0) is 17.9. The molecule has 0 unspecified atom stereocenters. The highest BCUT2D eigenvalue weighted by atomic mass is 32.2. The summed E-state index contributed by atoms with van der Waals surface area (Å²) >= 11 is 3.06. The zero-order valence-corrected chi connectivity index (χ0v) is 15.0. The van der Waals surface area contributed by atoms with Gasteiger partial charge in [-0.1, -0.05) is 0 Å². The van der Waals surface area contributed by atoms with Gasteiger partial charge >= 0.3 is 5.97 Å². The van der Waals surface area contributed by atoms with Crippen LogP contribution in [-0.2, 0) is 16.0 Å². The molecule has 2 N–H and O–H groups in total. The smallest absolute Gasteiger partial charge is 0.329 e. The number of nitrogens with zero attached hydrogens (tertiary/aromatic N) is 1. The summed E-state index contributed by atoms with van der Waals surface area (Å²) < 4.78 is 13.0. The van der Waals surface area contributed by atoms with Crippen LogP contribution in [-0.4, -0.2) is 39.0 Å². The topological polar surface area (TPSA) is 79.3 Å². The van der Waals surface area contributed by atoms with Crippen molar-refractivity contribution in [1.29, 1.82) is 0 Å². The third kappa shape index (κ3) is 4.19. The molecular weight excluding hydrogens is 363 g/mol. The summed E-state index contributed by atoms with van der Waals surface area (Å²) in [6.45, 7) is 0. The van der Waals surface area contributed by atoms with Crippen molar-refractivity contribution in [1.82, 2.24) is 10.3 Å². The van der Waals surface area contributed by atoms with Gasteiger partial charge in [0.25, 0.3) is 0 Å². The van der Waals surface area contributed by atoms with E-state index in [2.05, 4.69) is 10.3 Å². The molecule has 0 aliphatic carbocycles. The molecule has 1 aromatic carbocycles. The third-order valence-corrected chi connectivity index (χ3v) is 6.04. The van der Waals surface area contributed by atoms with Crippen molar-refractivity contribution in [3.05, 3.63) is 41.2 Å². The van der Waals surface area contributed by atoms with Crippen molar-refractivity contribution in [2.45, 2.75) is 24.8 Å². The Morgan fingerprint density at radius 1 is 1.24 bits per heavy atom. The lowest BCUT2D eigenvalue weighted by Gasteiger charge is -2.33. The van der Waals surface area contributed by atoms with Crippen molar-refractivity contribution < 1.29 is 19.1 Å². The Hall–Kier alpha value is -1.93. The highest BCUT2D eigenvalue weighted by molar-refractivity contribution is 7.99. The van der Waals surface area contributed by atoms with Crippen LogP contribution >= 0.6 is 23.1 Å². The number of aliphatic carboxylic acids is 1. The van der Waals surface area contributed by atoms with Crippen molar-refractivity contribution in [3.8, 4) is 10.6 Å². The van der Waals surface area contributed by atoms with Crippen LogP contribution in [0, 0.1) is 5.82 Å². The van der Waals surface area contributed by atoms with Gasteiger partial charge in [-0.25, -0.2) is 14.2 Å². The molecule has 3 rings (SSSR count). The van der Waals surface area contributed by atoms with Gasteiger partial charge in [-0.3, -0.25) is 4.79 Å². The van der Waals surface area contributed by atoms with E-state index >= 15 is 0 Å². The summed E-state index contributed by atoms with van der Waals surface area (Å²) in [5.74, 6) is -0.197. The summed E-state index contributed by atoms with van der Waals surface area (Å²) in [4.78, 5) is 28.3. The molecule has 0 spiro atoms. The highest BCUT2D eigenvalue weighted by Crippen LogP contribution is 2.28. The van der Waals surface area contributed by atoms with Crippen LogP contribution in [0.4, 0.5) is 4.39 Å². The van der Waals surface area contributed by atoms with Crippen LogP contribution in [0.15, 0.2) is 29.6 Å². The van der Waals surface area contributed by atoms with Crippen LogP contribution in [0.3, 0.4) is 0 Å². The number of aromatic nitrogens is 1. The molecule has 2 aromatic rings. The second-order valence-electron chi connectivity index (χ2n) is 5.88. The fourth-order valence-corrected chi connectivity index (χ4v) is 4.72. The average molecular weight is 380 g/mol. The molecule has 0 atom stereocenters. The van der Waals surface area contributed by atoms with Crippen LogP contribution in [0.2, 0.25) is 0 Å². The number of carboxylic acids is 1. The number of carbonyl (C=O) groups is 2. The second-order valence-corrected chi connectivity index (χ2v) is 7.96. The maximum atomic E-state index is 13.0. The van der Waals surface area contributed by atoms with E-state index in [1.807, 2.05) is 0 Å². The minimum atomic E-state index is -1.17. The Balaban J connectivity index is 1.67. The summed E-state index contributed by atoms with van der Waals surface area (Å²) in [7, 11) is 0. The van der Waals surface area contributed by atoms with E-state index in [0.29, 0.717) is 23.5 Å². The van der Waals surface area contributed by atoms with Gasteiger partial charge < -0.3 is 10.4 Å². The average Bonchev–Trinajstić information content (AvgIpc) is 3.04. The molecule has 0 bridgehead atoms. The van der Waals surface area contributed by atoms with Crippen LogP contribution < -0.4 is 5.32 Å². The molecule has 1 aliphatic heterocycles. The van der Waals surface area contributed by atoms with Crippen molar-refractivity contribution in [2.24, 2.45) is 0 Å². The predicted molar refractivity (Wildman–Crippen MR) is 96.3 cm³/mol. The van der Waals surface area contributed by atoms with Crippen molar-refractivity contribution in [3.63, 3.8) is 0 Å². The minimum absolute atomic E-state index is 0.0276. The fourth-order valence-electron chi connectivity index (χ4n) is 2.70. The largest absolute Gasteiger partial charge is 0.480 e. The monoisotopic (exact) mass is 380 g/mol. The summed E-state index contributed by atoms with van der Waals surface area (Å²) in [6, 6.07) is 6.00. The second kappa shape index (κ2) is 7.53. The number of benzene rings is 1. The number of hydrogen-bond acceptors (Lipinski definition) is 5. The maximum Gasteiger partial charge on any atom is 0.329 e. The van der Waals surface area contributed by atoms with Gasteiger partial charge in [0.2, 0.25) is 5.91 Å². The van der Waals surface area contributed by atoms with E-state index < -0.39 is 11.5 Å². The molecule has 5 nitrogen and oxygen atoms in total. The molecule has 1 fully saturated rings. The van der Waals surface area contributed by atoms with Gasteiger partial charge in [0.05, 0.1) is 12.1 Å². The van der Waals surface area contributed by atoms with Crippen LogP contribution in [0.25, 0.3) is 10.6 Å². The van der Waals surface area contributed by atoms with Gasteiger partial charge in [0.1, 0.15) is 16.4 Å². The molecule has 1 saturated heterocycles. The molecule has 0 radical (unpaired) electrons. The number of rotatable bonds is 5. The lowest BCUT2D eigenvalue weighted by atomic mass is 9.92. The predicted octanol–water partition coefficient (Wildman–Crippen LogP) is 2.96. The fraction of sp³-hybridized carbons (Fsp3) is 0.353. The first kappa shape index (κ1) is 17.9. The molecule has 8 heteroatoms. The van der Waals surface area contributed by atoms with E-state index in [4.69, 9.17) is 0 Å².